The number of hydrogen-bond acceptors (Lipinski definition) is 2. The Morgan fingerprint density at radius 2 is 1.86 bits per heavy atom. The fourth-order valence-corrected chi connectivity index (χ4v) is 2.32. The monoisotopic (exact) mass is 315 g/mol. The maximum Gasteiger partial charge on any atom is 0.422 e. The van der Waals surface area contributed by atoms with E-state index in [-0.39, 0.29) is 12.3 Å². The molecule has 4 nitrogen and oxygen atoms in total. The molecule has 1 fully saturated rings. The standard InChI is InChI=1S/C15H20F3N3O/c16-15(17,18)11-22-13-7-3-2-6-12(13)10-20-14(19)21-8-4-1-5-9-21/h2-3,6-7H,1,4-5,8-11H2,(H2,19,20). The van der Waals surface area contributed by atoms with E-state index in [9.17, 15) is 13.2 Å². The third-order valence-corrected chi connectivity index (χ3v) is 3.46. The number of halogens is 3. The van der Waals surface area contributed by atoms with Crippen LogP contribution in [0.5, 0.6) is 5.75 Å². The van der Waals surface area contributed by atoms with Crippen LogP contribution in [0.3, 0.4) is 0 Å². The second-order valence-electron chi connectivity index (χ2n) is 5.23. The Bertz CT molecular complexity index is 511. The van der Waals surface area contributed by atoms with Crippen molar-refractivity contribution in [2.45, 2.75) is 32.0 Å². The van der Waals surface area contributed by atoms with Crippen molar-refractivity contribution in [2.24, 2.45) is 10.7 Å². The normalized spacial score (nSPS) is 16.7. The largest absolute Gasteiger partial charge is 0.484 e. The maximum absolute atomic E-state index is 12.3. The summed E-state index contributed by atoms with van der Waals surface area (Å²) < 4.78 is 41.6. The summed E-state index contributed by atoms with van der Waals surface area (Å²) in [5, 5.41) is 0. The highest BCUT2D eigenvalue weighted by atomic mass is 19.4. The zero-order valence-corrected chi connectivity index (χ0v) is 12.3. The van der Waals surface area contributed by atoms with Gasteiger partial charge in [-0.25, -0.2) is 4.99 Å². The van der Waals surface area contributed by atoms with E-state index >= 15 is 0 Å². The number of hydrogen-bond donors (Lipinski definition) is 1. The minimum atomic E-state index is -4.36. The quantitative estimate of drug-likeness (QED) is 0.686. The first kappa shape index (κ1) is 16.5. The summed E-state index contributed by atoms with van der Waals surface area (Å²) in [6.45, 7) is 0.648. The molecule has 22 heavy (non-hydrogen) atoms. The molecule has 0 saturated carbocycles. The third-order valence-electron chi connectivity index (χ3n) is 3.46. The van der Waals surface area contributed by atoms with E-state index in [1.807, 2.05) is 4.90 Å². The van der Waals surface area contributed by atoms with Crippen LogP contribution in [0.25, 0.3) is 0 Å². The number of benzene rings is 1. The van der Waals surface area contributed by atoms with Crippen molar-refractivity contribution in [1.29, 1.82) is 0 Å². The number of aliphatic imine (C=N–C) groups is 1. The van der Waals surface area contributed by atoms with Crippen LogP contribution in [0.4, 0.5) is 13.2 Å². The Hall–Kier alpha value is -1.92. The molecule has 2 N–H and O–H groups in total. The van der Waals surface area contributed by atoms with Gasteiger partial charge in [-0.1, -0.05) is 18.2 Å². The number of nitrogens with zero attached hydrogens (tertiary/aromatic N) is 2. The lowest BCUT2D eigenvalue weighted by molar-refractivity contribution is -0.153. The van der Waals surface area contributed by atoms with Gasteiger partial charge in [0.15, 0.2) is 12.6 Å². The Kier molecular flexibility index (Phi) is 5.51. The average Bonchev–Trinajstić information content (AvgIpc) is 2.51. The van der Waals surface area contributed by atoms with Gasteiger partial charge in [-0.15, -0.1) is 0 Å². The van der Waals surface area contributed by atoms with Crippen molar-refractivity contribution in [3.8, 4) is 5.75 Å². The summed E-state index contributed by atoms with van der Waals surface area (Å²) >= 11 is 0. The smallest absolute Gasteiger partial charge is 0.422 e. The van der Waals surface area contributed by atoms with Crippen LogP contribution in [0.15, 0.2) is 29.3 Å². The number of rotatable bonds is 4. The van der Waals surface area contributed by atoms with Gasteiger partial charge in [-0.3, -0.25) is 0 Å². The first-order chi connectivity index (χ1) is 10.5. The van der Waals surface area contributed by atoms with E-state index < -0.39 is 12.8 Å². The van der Waals surface area contributed by atoms with Gasteiger partial charge in [0.25, 0.3) is 0 Å². The Balaban J connectivity index is 1.99. The lowest BCUT2D eigenvalue weighted by Gasteiger charge is -2.27. The molecular formula is C15H20F3N3O. The van der Waals surface area contributed by atoms with Gasteiger partial charge in [0, 0.05) is 18.7 Å². The maximum atomic E-state index is 12.3. The highest BCUT2D eigenvalue weighted by molar-refractivity contribution is 5.78. The molecule has 0 bridgehead atoms. The van der Waals surface area contributed by atoms with E-state index in [1.165, 1.54) is 12.5 Å². The van der Waals surface area contributed by atoms with Crippen molar-refractivity contribution < 1.29 is 17.9 Å². The van der Waals surface area contributed by atoms with Gasteiger partial charge in [-0.2, -0.15) is 13.2 Å². The van der Waals surface area contributed by atoms with Crippen LogP contribution in [0.2, 0.25) is 0 Å². The van der Waals surface area contributed by atoms with Crippen LogP contribution < -0.4 is 10.5 Å². The predicted molar refractivity (Wildman–Crippen MR) is 78.7 cm³/mol. The molecule has 0 aromatic heterocycles. The second-order valence-corrected chi connectivity index (χ2v) is 5.23. The molecule has 0 atom stereocenters. The number of nitrogens with two attached hydrogens (primary N) is 1. The number of guanidine groups is 1. The molecule has 1 aromatic rings. The summed E-state index contributed by atoms with van der Waals surface area (Å²) in [5.41, 5.74) is 6.53. The van der Waals surface area contributed by atoms with E-state index in [0.29, 0.717) is 11.5 Å². The van der Waals surface area contributed by atoms with Crippen LogP contribution in [0, 0.1) is 0 Å². The molecule has 0 spiro atoms. The highest BCUT2D eigenvalue weighted by Crippen LogP contribution is 2.22. The van der Waals surface area contributed by atoms with Crippen molar-refractivity contribution >= 4 is 5.96 Å². The number of likely N-dealkylation sites (tertiary alicyclic amines) is 1. The average molecular weight is 315 g/mol. The van der Waals surface area contributed by atoms with E-state index in [0.717, 1.165) is 25.9 Å². The number of alkyl halides is 3. The van der Waals surface area contributed by atoms with Crippen LogP contribution in [-0.4, -0.2) is 36.7 Å². The molecular weight excluding hydrogens is 295 g/mol. The lowest BCUT2D eigenvalue weighted by Crippen LogP contribution is -2.40. The number of piperidine rings is 1. The fourth-order valence-electron chi connectivity index (χ4n) is 2.32. The minimum Gasteiger partial charge on any atom is -0.484 e. The predicted octanol–water partition coefficient (Wildman–Crippen LogP) is 2.93. The molecule has 1 heterocycles. The number of para-hydroxylation sites is 1. The fraction of sp³-hybridized carbons (Fsp3) is 0.533. The topological polar surface area (TPSA) is 50.9 Å². The summed E-state index contributed by atoms with van der Waals surface area (Å²) in [6, 6.07) is 6.57. The molecule has 0 unspecified atom stereocenters. The van der Waals surface area contributed by atoms with Crippen molar-refractivity contribution in [3.05, 3.63) is 29.8 Å². The Morgan fingerprint density at radius 3 is 2.55 bits per heavy atom. The zero-order chi connectivity index (χ0) is 16.0. The number of ether oxygens (including phenoxy) is 1. The Labute approximate surface area is 127 Å². The van der Waals surface area contributed by atoms with Gasteiger partial charge in [0.1, 0.15) is 5.75 Å². The summed E-state index contributed by atoms with van der Waals surface area (Å²) in [4.78, 5) is 6.28. The van der Waals surface area contributed by atoms with Gasteiger partial charge >= 0.3 is 6.18 Å². The molecule has 0 aliphatic carbocycles. The zero-order valence-electron chi connectivity index (χ0n) is 12.3. The third kappa shape index (κ3) is 5.13. The first-order valence-electron chi connectivity index (χ1n) is 7.28. The van der Waals surface area contributed by atoms with E-state index in [1.54, 1.807) is 18.2 Å². The van der Waals surface area contributed by atoms with Crippen molar-refractivity contribution in [3.63, 3.8) is 0 Å². The molecule has 7 heteroatoms. The van der Waals surface area contributed by atoms with E-state index in [4.69, 9.17) is 10.5 Å². The van der Waals surface area contributed by atoms with Crippen molar-refractivity contribution in [1.82, 2.24) is 4.90 Å². The summed E-state index contributed by atoms with van der Waals surface area (Å²) in [7, 11) is 0. The van der Waals surface area contributed by atoms with E-state index in [2.05, 4.69) is 4.99 Å². The molecule has 2 rings (SSSR count). The highest BCUT2D eigenvalue weighted by Gasteiger charge is 2.28. The molecule has 1 aromatic carbocycles. The molecule has 0 radical (unpaired) electrons. The van der Waals surface area contributed by atoms with Crippen LogP contribution in [-0.2, 0) is 6.54 Å². The molecule has 1 aliphatic rings. The Morgan fingerprint density at radius 1 is 1.18 bits per heavy atom. The van der Waals surface area contributed by atoms with Crippen LogP contribution in [0.1, 0.15) is 24.8 Å². The lowest BCUT2D eigenvalue weighted by atomic mass is 10.1. The molecule has 122 valence electrons. The SMILES string of the molecule is NC(=NCc1ccccc1OCC(F)(F)F)N1CCCCC1. The van der Waals surface area contributed by atoms with Gasteiger partial charge in [0.05, 0.1) is 6.54 Å². The van der Waals surface area contributed by atoms with Gasteiger partial charge in [0.2, 0.25) is 0 Å². The summed E-state index contributed by atoms with van der Waals surface area (Å²) in [6.07, 6.45) is -0.996. The molecule has 0 amide bonds. The molecule has 1 saturated heterocycles. The second kappa shape index (κ2) is 7.38. The van der Waals surface area contributed by atoms with Crippen LogP contribution >= 0.6 is 0 Å². The van der Waals surface area contributed by atoms with Gasteiger partial charge in [-0.05, 0) is 25.3 Å². The minimum absolute atomic E-state index is 0.190. The van der Waals surface area contributed by atoms with Gasteiger partial charge < -0.3 is 15.4 Å². The first-order valence-corrected chi connectivity index (χ1v) is 7.28. The van der Waals surface area contributed by atoms with Crippen molar-refractivity contribution in [2.75, 3.05) is 19.7 Å². The molecule has 1 aliphatic heterocycles. The summed E-state index contributed by atoms with van der Waals surface area (Å²) in [5.74, 6) is 0.625.